The smallest absolute Gasteiger partial charge is 0.237 e. The van der Waals surface area contributed by atoms with E-state index < -0.39 is 0 Å². The van der Waals surface area contributed by atoms with E-state index >= 15 is 0 Å². The van der Waals surface area contributed by atoms with Gasteiger partial charge < -0.3 is 10.1 Å². The number of carbonyl (C=O) groups is 1. The highest BCUT2D eigenvalue weighted by atomic mass is 32.2. The van der Waals surface area contributed by atoms with Crippen LogP contribution in [0.2, 0.25) is 0 Å². The number of carbonyl (C=O) groups excluding carboxylic acids is 1. The molecule has 0 aliphatic rings. The number of anilines is 1. The number of rotatable bonds is 7. The van der Waals surface area contributed by atoms with Gasteiger partial charge in [-0.25, -0.2) is 9.37 Å². The molecule has 0 bridgehead atoms. The number of amides is 1. The molecular weight excluding hydrogens is 353 g/mol. The van der Waals surface area contributed by atoms with E-state index in [0.29, 0.717) is 29.5 Å². The molecule has 2 aromatic carbocycles. The van der Waals surface area contributed by atoms with E-state index in [1.54, 1.807) is 48.8 Å². The zero-order valence-electron chi connectivity index (χ0n) is 13.8. The van der Waals surface area contributed by atoms with Crippen LogP contribution in [0, 0.1) is 5.82 Å². The summed E-state index contributed by atoms with van der Waals surface area (Å²) in [7, 11) is 0. The number of thioether (sulfide) groups is 1. The number of nitrogens with zero attached hydrogens (tertiary/aromatic N) is 2. The number of nitrogens with one attached hydrogen (secondary N) is 1. The second-order valence-electron chi connectivity index (χ2n) is 5.27. The summed E-state index contributed by atoms with van der Waals surface area (Å²) in [5.41, 5.74) is 0.642. The van der Waals surface area contributed by atoms with Crippen LogP contribution < -0.4 is 10.1 Å². The first-order chi connectivity index (χ1) is 12.7. The first-order valence-corrected chi connectivity index (χ1v) is 8.90. The molecule has 1 aromatic heterocycles. The molecule has 132 valence electrons. The molecule has 3 aromatic rings. The number of aromatic nitrogens is 2. The van der Waals surface area contributed by atoms with Crippen LogP contribution in [0.3, 0.4) is 0 Å². The van der Waals surface area contributed by atoms with E-state index in [9.17, 15) is 9.18 Å². The van der Waals surface area contributed by atoms with Crippen molar-refractivity contribution in [2.75, 3.05) is 11.1 Å². The maximum absolute atomic E-state index is 12.9. The Balaban J connectivity index is 1.49. The zero-order chi connectivity index (χ0) is 18.2. The number of halogens is 1. The maximum Gasteiger partial charge on any atom is 0.237 e. The molecule has 0 aliphatic heterocycles. The molecule has 5 nitrogen and oxygen atoms in total. The molecule has 26 heavy (non-hydrogen) atoms. The van der Waals surface area contributed by atoms with Gasteiger partial charge in [-0.3, -0.25) is 9.78 Å². The topological polar surface area (TPSA) is 64.1 Å². The van der Waals surface area contributed by atoms with Gasteiger partial charge in [-0.2, -0.15) is 0 Å². The van der Waals surface area contributed by atoms with Gasteiger partial charge in [-0.15, -0.1) is 11.8 Å². The van der Waals surface area contributed by atoms with E-state index in [0.717, 1.165) is 4.90 Å². The average Bonchev–Trinajstić information content (AvgIpc) is 2.64. The molecule has 3 rings (SSSR count). The molecule has 0 fully saturated rings. The Hall–Kier alpha value is -2.93. The van der Waals surface area contributed by atoms with E-state index in [1.165, 1.54) is 30.1 Å². The van der Waals surface area contributed by atoms with Gasteiger partial charge in [0.25, 0.3) is 0 Å². The summed E-state index contributed by atoms with van der Waals surface area (Å²) in [4.78, 5) is 21.0. The number of ether oxygens (including phenoxy) is 1. The van der Waals surface area contributed by atoms with Gasteiger partial charge in [0.15, 0.2) is 0 Å². The van der Waals surface area contributed by atoms with Crippen LogP contribution in [0.15, 0.2) is 72.0 Å². The third-order valence-electron chi connectivity index (χ3n) is 3.29. The second-order valence-corrected chi connectivity index (χ2v) is 6.44. The molecule has 1 amide bonds. The molecule has 7 heteroatoms. The Labute approximate surface area is 154 Å². The van der Waals surface area contributed by atoms with E-state index in [2.05, 4.69) is 15.3 Å². The summed E-state index contributed by atoms with van der Waals surface area (Å²) in [6.45, 7) is 0. The Morgan fingerprint density at radius 3 is 2.77 bits per heavy atom. The number of benzene rings is 2. The largest absolute Gasteiger partial charge is 0.437 e. The lowest BCUT2D eigenvalue weighted by Crippen LogP contribution is -2.12. The van der Waals surface area contributed by atoms with Crippen molar-refractivity contribution in [2.45, 2.75) is 11.3 Å². The van der Waals surface area contributed by atoms with Crippen LogP contribution in [0.5, 0.6) is 11.6 Å². The predicted octanol–water partition coefficient (Wildman–Crippen LogP) is 4.53. The Kier molecular flexibility index (Phi) is 6.16. The molecule has 0 radical (unpaired) electrons. The lowest BCUT2D eigenvalue weighted by molar-refractivity contribution is -0.115. The van der Waals surface area contributed by atoms with Crippen molar-refractivity contribution in [2.24, 2.45) is 0 Å². The summed E-state index contributed by atoms with van der Waals surface area (Å²) < 4.78 is 18.4. The molecule has 0 atom stereocenters. The van der Waals surface area contributed by atoms with Crippen LogP contribution >= 0.6 is 11.8 Å². The predicted molar refractivity (Wildman–Crippen MR) is 98.9 cm³/mol. The summed E-state index contributed by atoms with van der Waals surface area (Å²) in [6.07, 6.45) is 4.96. The van der Waals surface area contributed by atoms with Crippen molar-refractivity contribution in [1.29, 1.82) is 0 Å². The molecular formula is C19H16FN3O2S. The summed E-state index contributed by atoms with van der Waals surface area (Å²) >= 11 is 1.51. The average molecular weight is 369 g/mol. The summed E-state index contributed by atoms with van der Waals surface area (Å²) in [5.74, 6) is 1.18. The third kappa shape index (κ3) is 5.56. The molecule has 0 spiro atoms. The normalized spacial score (nSPS) is 10.3. The van der Waals surface area contributed by atoms with Crippen LogP contribution in [-0.2, 0) is 4.79 Å². The fourth-order valence-electron chi connectivity index (χ4n) is 2.11. The van der Waals surface area contributed by atoms with E-state index in [1.807, 2.05) is 0 Å². The monoisotopic (exact) mass is 369 g/mol. The van der Waals surface area contributed by atoms with E-state index in [-0.39, 0.29) is 11.7 Å². The van der Waals surface area contributed by atoms with Gasteiger partial charge in [-0.05, 0) is 36.4 Å². The minimum Gasteiger partial charge on any atom is -0.437 e. The van der Waals surface area contributed by atoms with Gasteiger partial charge in [0, 0.05) is 41.2 Å². The first kappa shape index (κ1) is 17.9. The van der Waals surface area contributed by atoms with Crippen molar-refractivity contribution < 1.29 is 13.9 Å². The maximum atomic E-state index is 12.9. The zero-order valence-corrected chi connectivity index (χ0v) is 14.6. The molecule has 0 saturated heterocycles. The molecule has 0 unspecified atom stereocenters. The van der Waals surface area contributed by atoms with Crippen LogP contribution in [0.1, 0.15) is 6.42 Å². The Morgan fingerprint density at radius 1 is 1.15 bits per heavy atom. The van der Waals surface area contributed by atoms with Gasteiger partial charge >= 0.3 is 0 Å². The summed E-state index contributed by atoms with van der Waals surface area (Å²) in [5, 5.41) is 2.84. The summed E-state index contributed by atoms with van der Waals surface area (Å²) in [6, 6.07) is 13.3. The van der Waals surface area contributed by atoms with Crippen LogP contribution in [0.4, 0.5) is 10.1 Å². The van der Waals surface area contributed by atoms with Gasteiger partial charge in [0.05, 0.1) is 6.20 Å². The standard InChI is InChI=1S/C19H16FN3O2S/c20-14-4-6-17(7-5-14)26-11-8-18(24)23-15-2-1-3-16(12-15)25-19-13-21-9-10-22-19/h1-7,9-10,12-13H,8,11H2,(H,23,24). The molecule has 1 heterocycles. The highest BCUT2D eigenvalue weighted by Gasteiger charge is 2.05. The van der Waals surface area contributed by atoms with Crippen LogP contribution in [-0.4, -0.2) is 21.6 Å². The Morgan fingerprint density at radius 2 is 2.00 bits per heavy atom. The van der Waals surface area contributed by atoms with Crippen molar-refractivity contribution in [3.63, 3.8) is 0 Å². The van der Waals surface area contributed by atoms with Gasteiger partial charge in [0.2, 0.25) is 11.8 Å². The third-order valence-corrected chi connectivity index (χ3v) is 4.30. The highest BCUT2D eigenvalue weighted by Crippen LogP contribution is 2.23. The quantitative estimate of drug-likeness (QED) is 0.620. The lowest BCUT2D eigenvalue weighted by atomic mass is 10.3. The minimum absolute atomic E-state index is 0.101. The van der Waals surface area contributed by atoms with E-state index in [4.69, 9.17) is 4.74 Å². The molecule has 1 N–H and O–H groups in total. The Bertz CT molecular complexity index is 860. The lowest BCUT2D eigenvalue weighted by Gasteiger charge is -2.08. The highest BCUT2D eigenvalue weighted by molar-refractivity contribution is 7.99. The first-order valence-electron chi connectivity index (χ1n) is 7.91. The minimum atomic E-state index is -0.268. The fraction of sp³-hybridized carbons (Fsp3) is 0.105. The van der Waals surface area contributed by atoms with Crippen molar-refractivity contribution >= 4 is 23.4 Å². The second kappa shape index (κ2) is 8.96. The van der Waals surface area contributed by atoms with Crippen molar-refractivity contribution in [1.82, 2.24) is 9.97 Å². The SMILES string of the molecule is O=C(CCSc1ccc(F)cc1)Nc1cccc(Oc2cnccn2)c1. The van der Waals surface area contributed by atoms with Crippen LogP contribution in [0.25, 0.3) is 0 Å². The number of hydrogen-bond acceptors (Lipinski definition) is 5. The molecule has 0 saturated carbocycles. The number of hydrogen-bond donors (Lipinski definition) is 1. The fourth-order valence-corrected chi connectivity index (χ4v) is 2.96. The van der Waals surface area contributed by atoms with Crippen molar-refractivity contribution in [3.8, 4) is 11.6 Å². The van der Waals surface area contributed by atoms with Crippen molar-refractivity contribution in [3.05, 3.63) is 72.9 Å². The molecule has 0 aliphatic carbocycles. The van der Waals surface area contributed by atoms with Gasteiger partial charge in [0.1, 0.15) is 11.6 Å². The van der Waals surface area contributed by atoms with Gasteiger partial charge in [-0.1, -0.05) is 6.07 Å².